The molecule has 0 rings (SSSR count). The fourth-order valence-electron chi connectivity index (χ4n) is 0.523. The van der Waals surface area contributed by atoms with Crippen LogP contribution in [-0.2, 0) is 4.79 Å². The number of nitrogens with two attached hydrogens (primary N) is 1. The molecule has 2 nitrogen and oxygen atoms in total. The van der Waals surface area contributed by atoms with E-state index in [0.717, 1.165) is 6.42 Å². The van der Waals surface area contributed by atoms with E-state index in [1.54, 1.807) is 0 Å². The van der Waals surface area contributed by atoms with E-state index < -0.39 is 5.31 Å². The summed E-state index contributed by atoms with van der Waals surface area (Å²) in [5.41, 5.74) is 4.94. The standard InChI is InChI=1S/C6H12BNO/c1-3-6(2,7)4-5(8)9/h3-4H2,1-2H3,(H2,8,9)/t6-/m1/s1. The Kier molecular flexibility index (Phi) is 2.75. The Morgan fingerprint density at radius 2 is 2.22 bits per heavy atom. The maximum atomic E-state index is 10.3. The van der Waals surface area contributed by atoms with Crippen LogP contribution in [0.2, 0.25) is 5.31 Å². The van der Waals surface area contributed by atoms with Gasteiger partial charge in [0.1, 0.15) is 0 Å². The fraction of sp³-hybridized carbons (Fsp3) is 0.833. The molecule has 1 amide bonds. The van der Waals surface area contributed by atoms with Crippen molar-refractivity contribution < 1.29 is 4.79 Å². The molecule has 0 fully saturated rings. The summed E-state index contributed by atoms with van der Waals surface area (Å²) in [6.45, 7) is 3.75. The molecule has 3 heteroatoms. The fourth-order valence-corrected chi connectivity index (χ4v) is 0.523. The van der Waals surface area contributed by atoms with Crippen molar-refractivity contribution in [1.82, 2.24) is 0 Å². The molecule has 0 aliphatic carbocycles. The second-order valence-corrected chi connectivity index (χ2v) is 2.65. The van der Waals surface area contributed by atoms with Crippen molar-refractivity contribution >= 4 is 13.8 Å². The van der Waals surface area contributed by atoms with Gasteiger partial charge in [-0.2, -0.15) is 0 Å². The van der Waals surface area contributed by atoms with Crippen molar-refractivity contribution in [2.45, 2.75) is 32.0 Å². The van der Waals surface area contributed by atoms with Crippen LogP contribution in [0.4, 0.5) is 0 Å². The van der Waals surface area contributed by atoms with Crippen LogP contribution in [0.3, 0.4) is 0 Å². The molecule has 0 spiro atoms. The molecule has 50 valence electrons. The maximum absolute atomic E-state index is 10.3. The van der Waals surface area contributed by atoms with Crippen LogP contribution in [0.15, 0.2) is 0 Å². The second-order valence-electron chi connectivity index (χ2n) is 2.65. The Bertz CT molecular complexity index is 112. The predicted molar refractivity (Wildman–Crippen MR) is 38.2 cm³/mol. The number of hydrogen-bond acceptors (Lipinski definition) is 1. The van der Waals surface area contributed by atoms with E-state index in [2.05, 4.69) is 0 Å². The minimum atomic E-state index is -0.411. The molecule has 0 unspecified atom stereocenters. The first kappa shape index (κ1) is 8.53. The van der Waals surface area contributed by atoms with Crippen molar-refractivity contribution in [3.05, 3.63) is 0 Å². The molecule has 2 N–H and O–H groups in total. The lowest BCUT2D eigenvalue weighted by atomic mass is 9.66. The van der Waals surface area contributed by atoms with Crippen LogP contribution in [0.5, 0.6) is 0 Å². The summed E-state index contributed by atoms with van der Waals surface area (Å²) in [5, 5.41) is -0.411. The SMILES string of the molecule is [B][C@](C)(CC)CC(N)=O. The summed E-state index contributed by atoms with van der Waals surface area (Å²) >= 11 is 0. The van der Waals surface area contributed by atoms with Gasteiger partial charge < -0.3 is 5.73 Å². The molecule has 0 saturated carbocycles. The number of primary amides is 1. The Labute approximate surface area is 57.2 Å². The first-order chi connectivity index (χ1) is 3.98. The van der Waals surface area contributed by atoms with Crippen LogP contribution < -0.4 is 5.73 Å². The van der Waals surface area contributed by atoms with Crippen LogP contribution in [-0.4, -0.2) is 13.8 Å². The molecule has 0 aromatic heterocycles. The zero-order valence-corrected chi connectivity index (χ0v) is 5.98. The van der Waals surface area contributed by atoms with Gasteiger partial charge in [0.25, 0.3) is 0 Å². The zero-order chi connectivity index (χ0) is 7.49. The van der Waals surface area contributed by atoms with Gasteiger partial charge >= 0.3 is 0 Å². The minimum Gasteiger partial charge on any atom is -0.370 e. The summed E-state index contributed by atoms with van der Waals surface area (Å²) in [4.78, 5) is 10.3. The molecule has 0 aliphatic heterocycles. The van der Waals surface area contributed by atoms with E-state index >= 15 is 0 Å². The summed E-state index contributed by atoms with van der Waals surface area (Å²) in [6.07, 6.45) is 1.04. The molecule has 0 aromatic rings. The van der Waals surface area contributed by atoms with E-state index in [9.17, 15) is 4.79 Å². The van der Waals surface area contributed by atoms with E-state index in [1.807, 2.05) is 13.8 Å². The van der Waals surface area contributed by atoms with Gasteiger partial charge in [-0.1, -0.05) is 25.6 Å². The highest BCUT2D eigenvalue weighted by molar-refractivity contribution is 6.16. The topological polar surface area (TPSA) is 43.1 Å². The van der Waals surface area contributed by atoms with Crippen LogP contribution in [0.1, 0.15) is 26.7 Å². The number of rotatable bonds is 3. The number of carbonyl (C=O) groups excluding carboxylic acids is 1. The average Bonchev–Trinajstić information content (AvgIpc) is 1.63. The Morgan fingerprint density at radius 3 is 2.33 bits per heavy atom. The molecular weight excluding hydrogens is 113 g/mol. The summed E-state index contributed by atoms with van der Waals surface area (Å²) in [7, 11) is 5.62. The monoisotopic (exact) mass is 125 g/mol. The lowest BCUT2D eigenvalue weighted by Gasteiger charge is -2.19. The van der Waals surface area contributed by atoms with E-state index in [4.69, 9.17) is 13.6 Å². The Morgan fingerprint density at radius 1 is 1.78 bits per heavy atom. The summed E-state index contributed by atoms with van der Waals surface area (Å²) < 4.78 is 0. The van der Waals surface area contributed by atoms with Crippen molar-refractivity contribution in [2.75, 3.05) is 0 Å². The Hall–Kier alpha value is -0.465. The molecule has 0 bridgehead atoms. The van der Waals surface area contributed by atoms with Gasteiger partial charge in [-0.05, 0) is 0 Å². The third-order valence-corrected chi connectivity index (χ3v) is 1.39. The minimum absolute atomic E-state index is 0.267. The van der Waals surface area contributed by atoms with Crippen LogP contribution in [0, 0.1) is 0 Å². The highest BCUT2D eigenvalue weighted by Crippen LogP contribution is 2.28. The van der Waals surface area contributed by atoms with Crippen molar-refractivity contribution in [3.63, 3.8) is 0 Å². The Balaban J connectivity index is 3.71. The van der Waals surface area contributed by atoms with Crippen LogP contribution >= 0.6 is 0 Å². The van der Waals surface area contributed by atoms with Crippen LogP contribution in [0.25, 0.3) is 0 Å². The number of carbonyl (C=O) groups is 1. The summed E-state index contributed by atoms with van der Waals surface area (Å²) in [6, 6.07) is 0. The molecule has 0 aromatic carbocycles. The largest absolute Gasteiger partial charge is 0.370 e. The smallest absolute Gasteiger partial charge is 0.217 e. The molecule has 0 saturated heterocycles. The van der Waals surface area contributed by atoms with E-state index in [0.29, 0.717) is 0 Å². The van der Waals surface area contributed by atoms with E-state index in [-0.39, 0.29) is 12.3 Å². The van der Waals surface area contributed by atoms with Crippen molar-refractivity contribution in [3.8, 4) is 0 Å². The summed E-state index contributed by atoms with van der Waals surface area (Å²) in [5.74, 6) is -0.332. The van der Waals surface area contributed by atoms with Gasteiger partial charge in [-0.15, -0.1) is 0 Å². The van der Waals surface area contributed by atoms with Gasteiger partial charge in [0.15, 0.2) is 0 Å². The van der Waals surface area contributed by atoms with Crippen molar-refractivity contribution in [1.29, 1.82) is 0 Å². The molecule has 0 heterocycles. The van der Waals surface area contributed by atoms with Crippen molar-refractivity contribution in [2.24, 2.45) is 5.73 Å². The van der Waals surface area contributed by atoms with Gasteiger partial charge in [-0.25, -0.2) is 0 Å². The second kappa shape index (κ2) is 2.90. The number of amides is 1. The highest BCUT2D eigenvalue weighted by Gasteiger charge is 2.16. The van der Waals surface area contributed by atoms with Gasteiger partial charge in [-0.3, -0.25) is 4.79 Å². The lowest BCUT2D eigenvalue weighted by molar-refractivity contribution is -0.118. The first-order valence-electron chi connectivity index (χ1n) is 3.05. The normalized spacial score (nSPS) is 16.7. The molecular formula is C6H12BNO. The zero-order valence-electron chi connectivity index (χ0n) is 5.98. The molecule has 0 aliphatic rings. The third kappa shape index (κ3) is 4.07. The lowest BCUT2D eigenvalue weighted by Crippen LogP contribution is -2.19. The first-order valence-corrected chi connectivity index (χ1v) is 3.05. The molecule has 9 heavy (non-hydrogen) atoms. The maximum Gasteiger partial charge on any atom is 0.217 e. The average molecular weight is 125 g/mol. The molecule has 1 atom stereocenters. The predicted octanol–water partition coefficient (Wildman–Crippen LogP) is 0.619. The van der Waals surface area contributed by atoms with E-state index in [1.165, 1.54) is 0 Å². The van der Waals surface area contributed by atoms with Gasteiger partial charge in [0.2, 0.25) is 5.91 Å². The third-order valence-electron chi connectivity index (χ3n) is 1.39. The van der Waals surface area contributed by atoms with Gasteiger partial charge in [0, 0.05) is 6.42 Å². The molecule has 2 radical (unpaired) electrons. The number of hydrogen-bond donors (Lipinski definition) is 1. The van der Waals surface area contributed by atoms with Gasteiger partial charge in [0.05, 0.1) is 7.85 Å². The highest BCUT2D eigenvalue weighted by atomic mass is 16.1. The quantitative estimate of drug-likeness (QED) is 0.552.